The van der Waals surface area contributed by atoms with Crippen molar-refractivity contribution in [3.05, 3.63) is 0 Å². The monoisotopic (exact) mass is 235 g/mol. The molecule has 1 N–H and O–H groups in total. The molecule has 0 bridgehead atoms. The number of nitrogens with one attached hydrogen (secondary N) is 1. The first-order valence-electron chi connectivity index (χ1n) is 7.04. The highest BCUT2D eigenvalue weighted by Crippen LogP contribution is 2.42. The Morgan fingerprint density at radius 1 is 1.35 bits per heavy atom. The molecular weight excluding hydrogens is 210 g/mol. The summed E-state index contributed by atoms with van der Waals surface area (Å²) >= 11 is 0. The molecule has 0 aromatic rings. The molecule has 3 nitrogen and oxygen atoms in total. The second-order valence-electron chi connectivity index (χ2n) is 5.93. The van der Waals surface area contributed by atoms with Crippen LogP contribution in [0.25, 0.3) is 0 Å². The van der Waals surface area contributed by atoms with Crippen LogP contribution in [0, 0.1) is 17.2 Å². The zero-order chi connectivity index (χ0) is 12.5. The van der Waals surface area contributed by atoms with Crippen molar-refractivity contribution in [1.29, 1.82) is 5.26 Å². The SMILES string of the molecule is CCN(CC(C#N)(NC1CC1)C1CC1)C(C)C. The first-order chi connectivity index (χ1) is 8.11. The van der Waals surface area contributed by atoms with Gasteiger partial charge in [0.2, 0.25) is 0 Å². The number of rotatable bonds is 7. The minimum absolute atomic E-state index is 0.276. The van der Waals surface area contributed by atoms with Crippen LogP contribution in [0.2, 0.25) is 0 Å². The maximum Gasteiger partial charge on any atom is 0.122 e. The van der Waals surface area contributed by atoms with E-state index in [4.69, 9.17) is 0 Å². The van der Waals surface area contributed by atoms with Gasteiger partial charge in [0, 0.05) is 18.6 Å². The van der Waals surface area contributed by atoms with Crippen LogP contribution in [0.1, 0.15) is 46.5 Å². The molecule has 0 radical (unpaired) electrons. The highest BCUT2D eigenvalue weighted by Gasteiger charge is 2.49. The summed E-state index contributed by atoms with van der Waals surface area (Å²) in [4.78, 5) is 2.41. The van der Waals surface area contributed by atoms with Crippen LogP contribution < -0.4 is 5.32 Å². The maximum absolute atomic E-state index is 9.65. The van der Waals surface area contributed by atoms with E-state index in [1.54, 1.807) is 0 Å². The number of nitrogens with zero attached hydrogens (tertiary/aromatic N) is 2. The molecule has 2 fully saturated rings. The number of hydrogen-bond donors (Lipinski definition) is 1. The maximum atomic E-state index is 9.65. The molecule has 0 saturated heterocycles. The summed E-state index contributed by atoms with van der Waals surface area (Å²) in [5.41, 5.74) is -0.276. The van der Waals surface area contributed by atoms with Gasteiger partial charge in [-0.1, -0.05) is 6.92 Å². The minimum atomic E-state index is -0.276. The van der Waals surface area contributed by atoms with Crippen molar-refractivity contribution in [2.45, 2.75) is 64.1 Å². The van der Waals surface area contributed by atoms with Gasteiger partial charge in [0.05, 0.1) is 6.07 Å². The van der Waals surface area contributed by atoms with E-state index in [1.165, 1.54) is 25.7 Å². The Kier molecular flexibility index (Phi) is 3.75. The minimum Gasteiger partial charge on any atom is -0.298 e. The van der Waals surface area contributed by atoms with E-state index in [0.717, 1.165) is 13.1 Å². The van der Waals surface area contributed by atoms with Crippen molar-refractivity contribution in [2.24, 2.45) is 5.92 Å². The average molecular weight is 235 g/mol. The Morgan fingerprint density at radius 3 is 2.35 bits per heavy atom. The van der Waals surface area contributed by atoms with E-state index in [0.29, 0.717) is 18.0 Å². The Morgan fingerprint density at radius 2 is 2.00 bits per heavy atom. The summed E-state index contributed by atoms with van der Waals surface area (Å²) in [6.45, 7) is 8.54. The lowest BCUT2D eigenvalue weighted by Crippen LogP contribution is -2.56. The number of nitriles is 1. The highest BCUT2D eigenvalue weighted by atomic mass is 15.2. The second kappa shape index (κ2) is 4.96. The van der Waals surface area contributed by atoms with Crippen LogP contribution in [0.4, 0.5) is 0 Å². The number of hydrogen-bond acceptors (Lipinski definition) is 3. The summed E-state index contributed by atoms with van der Waals surface area (Å²) in [5.74, 6) is 0.584. The molecule has 2 rings (SSSR count). The third kappa shape index (κ3) is 3.00. The van der Waals surface area contributed by atoms with E-state index < -0.39 is 0 Å². The molecular formula is C14H25N3. The summed E-state index contributed by atoms with van der Waals surface area (Å²) in [6, 6.07) is 3.75. The topological polar surface area (TPSA) is 39.1 Å². The van der Waals surface area contributed by atoms with E-state index in [1.807, 2.05) is 0 Å². The van der Waals surface area contributed by atoms with Crippen LogP contribution in [0.5, 0.6) is 0 Å². The molecule has 96 valence electrons. The fourth-order valence-corrected chi connectivity index (χ4v) is 2.60. The summed E-state index contributed by atoms with van der Waals surface area (Å²) in [7, 11) is 0. The first-order valence-corrected chi connectivity index (χ1v) is 7.04. The molecule has 0 aromatic heterocycles. The van der Waals surface area contributed by atoms with Gasteiger partial charge in [-0.3, -0.25) is 10.2 Å². The predicted octanol–water partition coefficient (Wildman–Crippen LogP) is 2.14. The molecule has 1 atom stereocenters. The van der Waals surface area contributed by atoms with Crippen molar-refractivity contribution in [3.8, 4) is 6.07 Å². The fraction of sp³-hybridized carbons (Fsp3) is 0.929. The van der Waals surface area contributed by atoms with Gasteiger partial charge in [-0.15, -0.1) is 0 Å². The third-order valence-electron chi connectivity index (χ3n) is 4.10. The van der Waals surface area contributed by atoms with E-state index in [9.17, 15) is 5.26 Å². The van der Waals surface area contributed by atoms with Crippen molar-refractivity contribution >= 4 is 0 Å². The zero-order valence-electron chi connectivity index (χ0n) is 11.4. The lowest BCUT2D eigenvalue weighted by molar-refractivity contribution is 0.167. The summed E-state index contributed by atoms with van der Waals surface area (Å²) in [5, 5.41) is 13.3. The highest BCUT2D eigenvalue weighted by molar-refractivity contribution is 5.18. The summed E-state index contributed by atoms with van der Waals surface area (Å²) in [6.07, 6.45) is 4.96. The Labute approximate surface area is 105 Å². The molecule has 3 heteroatoms. The van der Waals surface area contributed by atoms with Crippen molar-refractivity contribution < 1.29 is 0 Å². The van der Waals surface area contributed by atoms with Crippen LogP contribution in [-0.2, 0) is 0 Å². The van der Waals surface area contributed by atoms with Gasteiger partial charge < -0.3 is 0 Å². The first kappa shape index (κ1) is 12.9. The molecule has 17 heavy (non-hydrogen) atoms. The predicted molar refractivity (Wildman–Crippen MR) is 69.6 cm³/mol. The Balaban J connectivity index is 2.05. The van der Waals surface area contributed by atoms with Crippen LogP contribution in [0.3, 0.4) is 0 Å². The molecule has 0 spiro atoms. The molecule has 0 amide bonds. The smallest absolute Gasteiger partial charge is 0.122 e. The van der Waals surface area contributed by atoms with Gasteiger partial charge in [-0.25, -0.2) is 0 Å². The van der Waals surface area contributed by atoms with Gasteiger partial charge in [-0.2, -0.15) is 5.26 Å². The molecule has 0 heterocycles. The second-order valence-corrected chi connectivity index (χ2v) is 5.93. The molecule has 2 aliphatic rings. The molecule has 0 aromatic carbocycles. The van der Waals surface area contributed by atoms with Gasteiger partial charge in [-0.05, 0) is 52.0 Å². The quantitative estimate of drug-likeness (QED) is 0.735. The largest absolute Gasteiger partial charge is 0.298 e. The van der Waals surface area contributed by atoms with Crippen molar-refractivity contribution in [2.75, 3.05) is 13.1 Å². The molecule has 2 saturated carbocycles. The molecule has 0 aliphatic heterocycles. The number of likely N-dealkylation sites (N-methyl/N-ethyl adjacent to an activating group) is 1. The normalized spacial score (nSPS) is 23.8. The van der Waals surface area contributed by atoms with E-state index >= 15 is 0 Å². The van der Waals surface area contributed by atoms with Crippen molar-refractivity contribution in [3.63, 3.8) is 0 Å². The van der Waals surface area contributed by atoms with Crippen LogP contribution in [-0.4, -0.2) is 35.6 Å². The van der Waals surface area contributed by atoms with Gasteiger partial charge in [0.1, 0.15) is 5.54 Å². The third-order valence-corrected chi connectivity index (χ3v) is 4.10. The van der Waals surface area contributed by atoms with Gasteiger partial charge in [0.15, 0.2) is 0 Å². The standard InChI is InChI=1S/C14H25N3/c1-4-17(11(2)3)10-14(9-15,12-5-6-12)16-13-7-8-13/h11-13,16H,4-8,10H2,1-3H3. The van der Waals surface area contributed by atoms with Crippen LogP contribution >= 0.6 is 0 Å². The molecule has 2 aliphatic carbocycles. The Bertz CT molecular complexity index is 299. The lowest BCUT2D eigenvalue weighted by atomic mass is 9.93. The van der Waals surface area contributed by atoms with E-state index in [2.05, 4.69) is 37.1 Å². The van der Waals surface area contributed by atoms with Gasteiger partial charge in [0.25, 0.3) is 0 Å². The van der Waals surface area contributed by atoms with Crippen molar-refractivity contribution in [1.82, 2.24) is 10.2 Å². The zero-order valence-corrected chi connectivity index (χ0v) is 11.4. The van der Waals surface area contributed by atoms with Gasteiger partial charge >= 0.3 is 0 Å². The lowest BCUT2D eigenvalue weighted by Gasteiger charge is -2.36. The average Bonchev–Trinajstić information content (AvgIpc) is 3.15. The fourth-order valence-electron chi connectivity index (χ4n) is 2.60. The Hall–Kier alpha value is -0.590. The van der Waals surface area contributed by atoms with E-state index in [-0.39, 0.29) is 5.54 Å². The van der Waals surface area contributed by atoms with Crippen LogP contribution in [0.15, 0.2) is 0 Å². The molecule has 1 unspecified atom stereocenters. The summed E-state index contributed by atoms with van der Waals surface area (Å²) < 4.78 is 0.